The number of Topliss-reactive ketones (excluding diaryl/α,β-unsaturated/α-hetero) is 1. The van der Waals surface area contributed by atoms with Crippen LogP contribution in [0.5, 0.6) is 0 Å². The summed E-state index contributed by atoms with van der Waals surface area (Å²) in [5.74, 6) is -8.93. The first-order valence-electron chi connectivity index (χ1n) is 17.4. The normalized spacial score (nSPS) is 60.2. The van der Waals surface area contributed by atoms with E-state index in [-0.39, 0.29) is 24.5 Å². The second-order valence-corrected chi connectivity index (χ2v) is 17.1. The predicted molar refractivity (Wildman–Crippen MR) is 162 cm³/mol. The molecular formula is C35H47NO13. The van der Waals surface area contributed by atoms with Crippen molar-refractivity contribution in [3.05, 3.63) is 0 Å². The van der Waals surface area contributed by atoms with Crippen molar-refractivity contribution in [2.75, 3.05) is 7.05 Å². The van der Waals surface area contributed by atoms with Crippen LogP contribution in [0.3, 0.4) is 0 Å². The number of likely N-dealkylation sites (tertiary alicyclic amines) is 1. The molecule has 14 heteroatoms. The molecule has 0 amide bonds. The van der Waals surface area contributed by atoms with E-state index in [1.165, 1.54) is 27.7 Å². The molecule has 14 nitrogen and oxygen atoms in total. The van der Waals surface area contributed by atoms with Crippen molar-refractivity contribution in [3.63, 3.8) is 0 Å². The molecule has 0 aromatic carbocycles. The molecule has 1 spiro atoms. The summed E-state index contributed by atoms with van der Waals surface area (Å²) in [6.07, 6.45) is -7.08. The number of esters is 4. The topological polar surface area (TPSA) is 198 Å². The summed E-state index contributed by atoms with van der Waals surface area (Å²) < 4.78 is 30.3. The third-order valence-corrected chi connectivity index (χ3v) is 15.4. The molecule has 5 unspecified atom stereocenters. The number of rotatable bonds is 3. The number of fused-ring (bicyclic) bond motifs is 9. The van der Waals surface area contributed by atoms with Gasteiger partial charge in [-0.1, -0.05) is 27.7 Å². The molecule has 3 saturated heterocycles. The number of carbonyl (C=O) groups excluding carboxylic acids is 5. The minimum absolute atomic E-state index is 0.243. The summed E-state index contributed by atoms with van der Waals surface area (Å²) in [6, 6.07) is -0.377. The van der Waals surface area contributed by atoms with Crippen molar-refractivity contribution >= 4 is 29.7 Å². The van der Waals surface area contributed by atoms with Gasteiger partial charge in [-0.05, 0) is 32.2 Å². The number of aliphatic hydroxyl groups is 3. The van der Waals surface area contributed by atoms with Gasteiger partial charge in [-0.25, -0.2) is 4.79 Å². The van der Waals surface area contributed by atoms with Gasteiger partial charge in [0.2, 0.25) is 0 Å². The van der Waals surface area contributed by atoms with Crippen LogP contribution in [0.25, 0.3) is 0 Å². The lowest BCUT2D eigenvalue weighted by Gasteiger charge is -2.65. The van der Waals surface area contributed by atoms with Crippen LogP contribution in [0.2, 0.25) is 0 Å². The Balaban J connectivity index is 1.39. The molecule has 21 atom stereocenters. The lowest BCUT2D eigenvalue weighted by Crippen LogP contribution is -2.74. The average molecular weight is 690 g/mol. The highest BCUT2D eigenvalue weighted by molar-refractivity contribution is 5.88. The van der Waals surface area contributed by atoms with Crippen LogP contribution in [0.15, 0.2) is 0 Å². The van der Waals surface area contributed by atoms with Crippen molar-refractivity contribution in [2.24, 2.45) is 57.7 Å². The monoisotopic (exact) mass is 689 g/mol. The van der Waals surface area contributed by atoms with Gasteiger partial charge in [-0.3, -0.25) is 24.1 Å². The minimum Gasteiger partial charge on any atom is -0.459 e. The maximum Gasteiger partial charge on any atom is 0.340 e. The van der Waals surface area contributed by atoms with Gasteiger partial charge < -0.3 is 39.0 Å². The molecule has 270 valence electrons. The van der Waals surface area contributed by atoms with Crippen LogP contribution in [0, 0.1) is 57.7 Å². The first-order valence-corrected chi connectivity index (χ1v) is 17.4. The fraction of sp³-hybridized carbons (Fsp3) is 0.857. The lowest BCUT2D eigenvalue weighted by atomic mass is 9.41. The molecule has 8 fully saturated rings. The molecule has 8 aliphatic rings. The lowest BCUT2D eigenvalue weighted by molar-refractivity contribution is -0.273. The van der Waals surface area contributed by atoms with Crippen LogP contribution < -0.4 is 0 Å². The quantitative estimate of drug-likeness (QED) is 0.203. The van der Waals surface area contributed by atoms with Crippen molar-refractivity contribution in [2.45, 2.75) is 122 Å². The molecule has 0 bridgehead atoms. The maximum atomic E-state index is 14.4. The maximum absolute atomic E-state index is 14.4. The molecule has 5 saturated carbocycles. The highest BCUT2D eigenvalue weighted by Crippen LogP contribution is 2.81. The smallest absolute Gasteiger partial charge is 0.340 e. The summed E-state index contributed by atoms with van der Waals surface area (Å²) in [7, 11) is 1.81. The molecule has 8 rings (SSSR count). The Bertz CT molecular complexity index is 1580. The van der Waals surface area contributed by atoms with Crippen LogP contribution in [0.1, 0.15) is 61.8 Å². The van der Waals surface area contributed by atoms with E-state index >= 15 is 0 Å². The van der Waals surface area contributed by atoms with E-state index in [0.29, 0.717) is 0 Å². The third-order valence-electron chi connectivity index (χ3n) is 15.4. The number of aliphatic hydroxyl groups excluding tert-OH is 2. The van der Waals surface area contributed by atoms with Gasteiger partial charge in [-0.2, -0.15) is 0 Å². The first kappa shape index (κ1) is 33.5. The van der Waals surface area contributed by atoms with Gasteiger partial charge >= 0.3 is 23.9 Å². The van der Waals surface area contributed by atoms with E-state index in [1.807, 2.05) is 18.7 Å². The highest BCUT2D eigenvalue weighted by atomic mass is 16.6. The number of ketones is 1. The molecule has 5 aliphatic carbocycles. The molecule has 3 N–H and O–H groups in total. The Hall–Kier alpha value is -2.65. The largest absolute Gasteiger partial charge is 0.459 e. The Morgan fingerprint density at radius 2 is 1.45 bits per heavy atom. The van der Waals surface area contributed by atoms with E-state index in [4.69, 9.17) is 23.7 Å². The number of hydrogen-bond acceptors (Lipinski definition) is 14. The van der Waals surface area contributed by atoms with Gasteiger partial charge in [0, 0.05) is 61.2 Å². The van der Waals surface area contributed by atoms with E-state index in [9.17, 15) is 39.3 Å². The second-order valence-electron chi connectivity index (χ2n) is 17.1. The van der Waals surface area contributed by atoms with Crippen molar-refractivity contribution in [3.8, 4) is 0 Å². The number of carbonyl (C=O) groups is 5. The Morgan fingerprint density at radius 3 is 2.04 bits per heavy atom. The zero-order chi connectivity index (χ0) is 35.9. The van der Waals surface area contributed by atoms with Gasteiger partial charge in [0.1, 0.15) is 30.5 Å². The van der Waals surface area contributed by atoms with Crippen molar-refractivity contribution in [1.82, 2.24) is 4.90 Å². The van der Waals surface area contributed by atoms with Gasteiger partial charge in [0.15, 0.2) is 17.1 Å². The van der Waals surface area contributed by atoms with Gasteiger partial charge in [0.05, 0.1) is 23.7 Å². The molecule has 49 heavy (non-hydrogen) atoms. The van der Waals surface area contributed by atoms with Gasteiger partial charge in [0.25, 0.3) is 0 Å². The number of ether oxygens (including phenoxy) is 5. The third kappa shape index (κ3) is 3.49. The summed E-state index contributed by atoms with van der Waals surface area (Å²) in [5.41, 5.74) is -7.22. The summed E-state index contributed by atoms with van der Waals surface area (Å²) >= 11 is 0. The fourth-order valence-electron chi connectivity index (χ4n) is 13.7. The van der Waals surface area contributed by atoms with Crippen LogP contribution in [-0.4, -0.2) is 117 Å². The van der Waals surface area contributed by atoms with Gasteiger partial charge in [-0.15, -0.1) is 0 Å². The number of epoxide rings is 1. The SMILES string of the molecule is CC(=O)O[C@H]1C2C([C@@H]3[C@@H](O)C4[C@H]([C@H](C)[C@H]5N(C)[C@]56OC(=O)[C@@](C)(O)C46C)[C@@]3(C)[C@H]1OC(C)=O)[C@@H](O)C(=O)[C@H]1C[C@@H]3O[C@@H]3[C@H](OC(C)=O)[C@]21C. The average Bonchev–Trinajstić information content (AvgIpc) is 3.86. The number of nitrogens with zero attached hydrogens (tertiary/aromatic N) is 1. The predicted octanol–water partition coefficient (Wildman–Crippen LogP) is -0.0318. The van der Waals surface area contributed by atoms with E-state index in [2.05, 4.69) is 0 Å². The Labute approximate surface area is 284 Å². The van der Waals surface area contributed by atoms with E-state index in [0.717, 1.165) is 0 Å². The molecule has 0 radical (unpaired) electrons. The Morgan fingerprint density at radius 1 is 0.857 bits per heavy atom. The first-order chi connectivity index (χ1) is 22.7. The summed E-state index contributed by atoms with van der Waals surface area (Å²) in [6.45, 7) is 12.4. The van der Waals surface area contributed by atoms with Crippen LogP contribution >= 0.6 is 0 Å². The Kier molecular flexibility index (Phi) is 6.57. The van der Waals surface area contributed by atoms with Crippen LogP contribution in [-0.2, 0) is 47.7 Å². The van der Waals surface area contributed by atoms with Crippen molar-refractivity contribution < 1.29 is 63.0 Å². The molecule has 0 aromatic heterocycles. The fourth-order valence-corrected chi connectivity index (χ4v) is 13.7. The number of likely N-dealkylation sites (N-methyl/N-ethyl adjacent to an activating group) is 1. The van der Waals surface area contributed by atoms with Crippen LogP contribution in [0.4, 0.5) is 0 Å². The summed E-state index contributed by atoms with van der Waals surface area (Å²) in [5, 5.41) is 37.1. The number of hydrogen-bond donors (Lipinski definition) is 3. The molecule has 3 heterocycles. The standard InChI is InChI=1S/C35H47NO13/c1-11-18-21(33(7)34(8,44)30(43)49-35(33)27(11)36(35)9)24(42)19-17-20(26(45-12(2)37)29(32(18,19)6)47-14(4)39)31(5)15(22(40)23(17)41)10-16-25(48-16)28(31)46-13(3)38/h11,15-21,23-29,41-42,44H,10H2,1-9H3/t11-,15+,16-,17?,18-,19+,20?,21?,23+,24+,25-,26-,27+,28-,29-,31-,32+,33?,34+,35-,36?/m0/s1. The van der Waals surface area contributed by atoms with E-state index < -0.39 is 129 Å². The molecule has 3 aliphatic heterocycles. The molecule has 0 aromatic rings. The highest BCUT2D eigenvalue weighted by Gasteiger charge is 2.93. The zero-order valence-electron chi connectivity index (χ0n) is 29.2. The molecular weight excluding hydrogens is 642 g/mol. The summed E-state index contributed by atoms with van der Waals surface area (Å²) in [4.78, 5) is 68.5. The van der Waals surface area contributed by atoms with E-state index in [1.54, 1.807) is 20.9 Å². The van der Waals surface area contributed by atoms with Crippen molar-refractivity contribution in [1.29, 1.82) is 0 Å². The second kappa shape index (κ2) is 9.61. The zero-order valence-corrected chi connectivity index (χ0v) is 29.2. The minimum atomic E-state index is -2.05.